The van der Waals surface area contributed by atoms with Crippen molar-refractivity contribution in [2.24, 2.45) is 13.0 Å². The molecule has 2 N–H and O–H groups in total. The summed E-state index contributed by atoms with van der Waals surface area (Å²) in [7, 11) is 1.88. The zero-order valence-corrected chi connectivity index (χ0v) is 16.5. The van der Waals surface area contributed by atoms with E-state index in [0.717, 1.165) is 17.8 Å². The summed E-state index contributed by atoms with van der Waals surface area (Å²) in [6.45, 7) is 3.30. The molecule has 0 spiro atoms. The third kappa shape index (κ3) is 3.90. The first-order chi connectivity index (χ1) is 13.1. The Balaban J connectivity index is 0.00000225. The summed E-state index contributed by atoms with van der Waals surface area (Å²) in [5.41, 5.74) is 1.93. The second-order valence-corrected chi connectivity index (χ2v) is 6.83. The van der Waals surface area contributed by atoms with E-state index >= 15 is 0 Å². The molecular formula is C18H23ClN8O. The molecule has 4 rings (SSSR count). The van der Waals surface area contributed by atoms with Gasteiger partial charge < -0.3 is 10.6 Å². The molecule has 1 aliphatic heterocycles. The Hall–Kier alpha value is -2.78. The number of benzene rings is 1. The summed E-state index contributed by atoms with van der Waals surface area (Å²) < 4.78 is 3.41. The normalized spacial score (nSPS) is 19.8. The van der Waals surface area contributed by atoms with Crippen molar-refractivity contribution in [3.05, 3.63) is 54.1 Å². The van der Waals surface area contributed by atoms with Crippen molar-refractivity contribution in [2.75, 3.05) is 13.1 Å². The van der Waals surface area contributed by atoms with Crippen LogP contribution in [0.2, 0.25) is 0 Å². The predicted octanol–water partition coefficient (Wildman–Crippen LogP) is 0.998. The molecule has 0 bridgehead atoms. The van der Waals surface area contributed by atoms with Gasteiger partial charge in [-0.3, -0.25) is 9.48 Å². The van der Waals surface area contributed by atoms with Gasteiger partial charge in [0.25, 0.3) is 0 Å². The molecule has 148 valence electrons. The second kappa shape index (κ2) is 8.49. The van der Waals surface area contributed by atoms with Gasteiger partial charge >= 0.3 is 0 Å². The standard InChI is InChI=1S/C18H22N8O.ClH/c1-12(17-22-23-24-26(17)14-6-4-3-5-7-14)21-18(27)16-10-19-9-15(16)13-8-20-25(2)11-13;/h3-8,11-12,15-16,19H,9-10H2,1-2H3,(H,21,27);1H/t12?,15-,16+;/m1./s1. The molecule has 10 heteroatoms. The first-order valence-corrected chi connectivity index (χ1v) is 8.97. The molecule has 3 atom stereocenters. The summed E-state index contributed by atoms with van der Waals surface area (Å²) in [5, 5.41) is 22.6. The number of para-hydroxylation sites is 1. The van der Waals surface area contributed by atoms with E-state index in [2.05, 4.69) is 31.3 Å². The van der Waals surface area contributed by atoms with Crippen molar-refractivity contribution < 1.29 is 4.79 Å². The summed E-state index contributed by atoms with van der Waals surface area (Å²) in [5.74, 6) is 0.538. The molecule has 9 nitrogen and oxygen atoms in total. The number of carbonyl (C=O) groups is 1. The number of carbonyl (C=O) groups excluding carboxylic acids is 1. The largest absolute Gasteiger partial charge is 0.346 e. The predicted molar refractivity (Wildman–Crippen MR) is 105 cm³/mol. The average molecular weight is 403 g/mol. The lowest BCUT2D eigenvalue weighted by Crippen LogP contribution is -2.36. The minimum absolute atomic E-state index is 0. The summed E-state index contributed by atoms with van der Waals surface area (Å²) in [4.78, 5) is 12.9. The number of nitrogens with zero attached hydrogens (tertiary/aromatic N) is 6. The van der Waals surface area contributed by atoms with E-state index in [1.54, 1.807) is 9.36 Å². The van der Waals surface area contributed by atoms with Crippen LogP contribution in [-0.2, 0) is 11.8 Å². The van der Waals surface area contributed by atoms with Crippen LogP contribution in [0.4, 0.5) is 0 Å². The Bertz CT molecular complexity index is 925. The third-order valence-corrected chi connectivity index (χ3v) is 4.94. The van der Waals surface area contributed by atoms with E-state index in [0.29, 0.717) is 12.4 Å². The Morgan fingerprint density at radius 3 is 2.79 bits per heavy atom. The van der Waals surface area contributed by atoms with Crippen LogP contribution in [0, 0.1) is 5.92 Å². The number of nitrogens with one attached hydrogen (secondary N) is 2. The van der Waals surface area contributed by atoms with E-state index in [1.807, 2.05) is 56.7 Å². The summed E-state index contributed by atoms with van der Waals surface area (Å²) in [6.07, 6.45) is 3.80. The number of rotatable bonds is 5. The molecule has 1 unspecified atom stereocenters. The Kier molecular flexibility index (Phi) is 6.05. The van der Waals surface area contributed by atoms with Crippen molar-refractivity contribution in [1.29, 1.82) is 0 Å². The van der Waals surface area contributed by atoms with Gasteiger partial charge in [0.2, 0.25) is 5.91 Å². The fourth-order valence-electron chi connectivity index (χ4n) is 3.54. The zero-order valence-electron chi connectivity index (χ0n) is 15.7. The molecule has 3 aromatic rings. The number of tetrazole rings is 1. The number of amides is 1. The zero-order chi connectivity index (χ0) is 18.8. The monoisotopic (exact) mass is 402 g/mol. The first kappa shape index (κ1) is 20.0. The van der Waals surface area contributed by atoms with E-state index in [9.17, 15) is 4.79 Å². The van der Waals surface area contributed by atoms with Crippen LogP contribution in [0.5, 0.6) is 0 Å². The lowest BCUT2D eigenvalue weighted by Gasteiger charge is -2.20. The molecule has 0 radical (unpaired) electrons. The van der Waals surface area contributed by atoms with Crippen molar-refractivity contribution in [2.45, 2.75) is 18.9 Å². The van der Waals surface area contributed by atoms with Gasteiger partial charge in [0.1, 0.15) is 0 Å². The molecule has 3 heterocycles. The van der Waals surface area contributed by atoms with E-state index < -0.39 is 0 Å². The van der Waals surface area contributed by atoms with Crippen molar-refractivity contribution >= 4 is 18.3 Å². The fraction of sp³-hybridized carbons (Fsp3) is 0.389. The van der Waals surface area contributed by atoms with Crippen LogP contribution < -0.4 is 10.6 Å². The van der Waals surface area contributed by atoms with E-state index in [1.165, 1.54) is 0 Å². The second-order valence-electron chi connectivity index (χ2n) is 6.83. The van der Waals surface area contributed by atoms with Gasteiger partial charge in [-0.25, -0.2) is 0 Å². The van der Waals surface area contributed by atoms with Crippen LogP contribution in [0.15, 0.2) is 42.7 Å². The molecule has 1 saturated heterocycles. The Morgan fingerprint density at radius 2 is 2.07 bits per heavy atom. The van der Waals surface area contributed by atoms with Crippen molar-refractivity contribution in [3.8, 4) is 5.69 Å². The van der Waals surface area contributed by atoms with Gasteiger partial charge in [-0.1, -0.05) is 18.2 Å². The molecule has 28 heavy (non-hydrogen) atoms. The fourth-order valence-corrected chi connectivity index (χ4v) is 3.54. The molecule has 1 aromatic carbocycles. The summed E-state index contributed by atoms with van der Waals surface area (Å²) >= 11 is 0. The Morgan fingerprint density at radius 1 is 1.29 bits per heavy atom. The highest BCUT2D eigenvalue weighted by atomic mass is 35.5. The number of aryl methyl sites for hydroxylation is 1. The topological polar surface area (TPSA) is 103 Å². The van der Waals surface area contributed by atoms with Crippen LogP contribution in [0.25, 0.3) is 5.69 Å². The van der Waals surface area contributed by atoms with E-state index in [-0.39, 0.29) is 36.2 Å². The molecule has 2 aromatic heterocycles. The van der Waals surface area contributed by atoms with Gasteiger partial charge in [-0.05, 0) is 35.0 Å². The van der Waals surface area contributed by atoms with Crippen molar-refractivity contribution in [3.63, 3.8) is 0 Å². The number of halogens is 1. The number of aromatic nitrogens is 6. The van der Waals surface area contributed by atoms with Gasteiger partial charge in [0, 0.05) is 32.3 Å². The van der Waals surface area contributed by atoms with Crippen LogP contribution in [-0.4, -0.2) is 49.0 Å². The van der Waals surface area contributed by atoms with Gasteiger partial charge in [0.05, 0.1) is 23.8 Å². The quantitative estimate of drug-likeness (QED) is 0.660. The van der Waals surface area contributed by atoms with Crippen LogP contribution in [0.3, 0.4) is 0 Å². The molecule has 1 amide bonds. The van der Waals surface area contributed by atoms with Gasteiger partial charge in [-0.15, -0.1) is 17.5 Å². The van der Waals surface area contributed by atoms with Crippen LogP contribution in [0.1, 0.15) is 30.3 Å². The summed E-state index contributed by atoms with van der Waals surface area (Å²) in [6, 6.07) is 9.31. The lowest BCUT2D eigenvalue weighted by molar-refractivity contribution is -0.125. The molecular weight excluding hydrogens is 380 g/mol. The van der Waals surface area contributed by atoms with Crippen LogP contribution >= 0.6 is 12.4 Å². The lowest BCUT2D eigenvalue weighted by atomic mass is 9.90. The maximum absolute atomic E-state index is 12.9. The highest BCUT2D eigenvalue weighted by Crippen LogP contribution is 2.28. The molecule has 0 aliphatic carbocycles. The molecule has 1 aliphatic rings. The average Bonchev–Trinajstić information content (AvgIpc) is 3.42. The maximum atomic E-state index is 12.9. The highest BCUT2D eigenvalue weighted by molar-refractivity contribution is 5.85. The van der Waals surface area contributed by atoms with E-state index in [4.69, 9.17) is 0 Å². The molecule has 0 saturated carbocycles. The minimum atomic E-state index is -0.317. The van der Waals surface area contributed by atoms with Gasteiger partial charge in [-0.2, -0.15) is 9.78 Å². The highest BCUT2D eigenvalue weighted by Gasteiger charge is 2.35. The third-order valence-electron chi connectivity index (χ3n) is 4.94. The SMILES string of the molecule is CC(NC(=O)[C@H]1CNC[C@@H]1c1cnn(C)c1)c1nnnn1-c1ccccc1.Cl. The number of hydrogen-bond donors (Lipinski definition) is 2. The van der Waals surface area contributed by atoms with Gasteiger partial charge in [0.15, 0.2) is 5.82 Å². The number of hydrogen-bond acceptors (Lipinski definition) is 6. The minimum Gasteiger partial charge on any atom is -0.346 e. The maximum Gasteiger partial charge on any atom is 0.225 e. The van der Waals surface area contributed by atoms with Crippen molar-refractivity contribution in [1.82, 2.24) is 40.6 Å². The molecule has 1 fully saturated rings. The smallest absolute Gasteiger partial charge is 0.225 e. The first-order valence-electron chi connectivity index (χ1n) is 8.97. The Labute approximate surface area is 168 Å².